The zero-order valence-electron chi connectivity index (χ0n) is 12.0. The monoisotopic (exact) mass is 251 g/mol. The average Bonchev–Trinajstić information content (AvgIpc) is 2.43. The van der Waals surface area contributed by atoms with E-state index in [4.69, 9.17) is 9.47 Å². The standard InChI is InChI=1S/C15H25NO2/c1-5-9-16-13(6-2)10-12-7-8-14(17-3)15(11-12)18-4/h7-8,11,13,16H,5-6,9-10H2,1-4H3. The predicted octanol–water partition coefficient (Wildman–Crippen LogP) is 3.02. The Bertz CT molecular complexity index is 352. The number of hydrogen-bond donors (Lipinski definition) is 1. The molecule has 0 amide bonds. The lowest BCUT2D eigenvalue weighted by molar-refractivity contribution is 0.354. The third kappa shape index (κ3) is 4.22. The molecule has 0 spiro atoms. The number of hydrogen-bond acceptors (Lipinski definition) is 3. The van der Waals surface area contributed by atoms with Gasteiger partial charge in [0.05, 0.1) is 14.2 Å². The summed E-state index contributed by atoms with van der Waals surface area (Å²) in [7, 11) is 3.34. The van der Waals surface area contributed by atoms with Gasteiger partial charge in [0.15, 0.2) is 11.5 Å². The summed E-state index contributed by atoms with van der Waals surface area (Å²) in [5, 5.41) is 3.56. The van der Waals surface area contributed by atoms with Crippen molar-refractivity contribution in [1.82, 2.24) is 5.32 Å². The van der Waals surface area contributed by atoms with Gasteiger partial charge in [-0.25, -0.2) is 0 Å². The smallest absolute Gasteiger partial charge is 0.160 e. The van der Waals surface area contributed by atoms with Crippen LogP contribution in [0, 0.1) is 0 Å². The number of methoxy groups -OCH3 is 2. The fraction of sp³-hybridized carbons (Fsp3) is 0.600. The van der Waals surface area contributed by atoms with Crippen molar-refractivity contribution >= 4 is 0 Å². The fourth-order valence-electron chi connectivity index (χ4n) is 2.00. The highest BCUT2D eigenvalue weighted by Crippen LogP contribution is 2.28. The molecule has 1 N–H and O–H groups in total. The normalized spacial score (nSPS) is 12.2. The maximum Gasteiger partial charge on any atom is 0.160 e. The maximum absolute atomic E-state index is 5.33. The molecule has 0 saturated carbocycles. The molecule has 0 aliphatic heterocycles. The molecule has 0 saturated heterocycles. The van der Waals surface area contributed by atoms with E-state index in [9.17, 15) is 0 Å². The largest absolute Gasteiger partial charge is 0.493 e. The lowest BCUT2D eigenvalue weighted by Crippen LogP contribution is -2.31. The Morgan fingerprint density at radius 2 is 1.83 bits per heavy atom. The first-order chi connectivity index (χ1) is 8.74. The molecule has 0 bridgehead atoms. The summed E-state index contributed by atoms with van der Waals surface area (Å²) in [6.45, 7) is 5.48. The summed E-state index contributed by atoms with van der Waals surface area (Å²) >= 11 is 0. The topological polar surface area (TPSA) is 30.5 Å². The van der Waals surface area contributed by atoms with Gasteiger partial charge in [-0.1, -0.05) is 19.9 Å². The SMILES string of the molecule is CCCNC(CC)Cc1ccc(OC)c(OC)c1. The van der Waals surface area contributed by atoms with Crippen LogP contribution < -0.4 is 14.8 Å². The summed E-state index contributed by atoms with van der Waals surface area (Å²) in [4.78, 5) is 0. The van der Waals surface area contributed by atoms with Crippen LogP contribution >= 0.6 is 0 Å². The number of rotatable bonds is 8. The summed E-state index contributed by atoms with van der Waals surface area (Å²) in [6, 6.07) is 6.68. The van der Waals surface area contributed by atoms with E-state index in [-0.39, 0.29) is 0 Å². The van der Waals surface area contributed by atoms with E-state index in [0.29, 0.717) is 6.04 Å². The Balaban J connectivity index is 2.71. The van der Waals surface area contributed by atoms with Crippen molar-refractivity contribution in [3.8, 4) is 11.5 Å². The second-order valence-corrected chi connectivity index (χ2v) is 4.45. The molecule has 18 heavy (non-hydrogen) atoms. The van der Waals surface area contributed by atoms with Gasteiger partial charge >= 0.3 is 0 Å². The van der Waals surface area contributed by atoms with Gasteiger partial charge in [-0.3, -0.25) is 0 Å². The van der Waals surface area contributed by atoms with E-state index in [2.05, 4.69) is 31.3 Å². The molecule has 0 aliphatic rings. The van der Waals surface area contributed by atoms with Gasteiger partial charge in [0, 0.05) is 6.04 Å². The van der Waals surface area contributed by atoms with Gasteiger partial charge in [0.1, 0.15) is 0 Å². The highest BCUT2D eigenvalue weighted by molar-refractivity contribution is 5.43. The lowest BCUT2D eigenvalue weighted by atomic mass is 10.0. The van der Waals surface area contributed by atoms with Crippen LogP contribution in [0.5, 0.6) is 11.5 Å². The van der Waals surface area contributed by atoms with E-state index in [1.807, 2.05) is 6.07 Å². The van der Waals surface area contributed by atoms with Gasteiger partial charge in [-0.15, -0.1) is 0 Å². The first-order valence-electron chi connectivity index (χ1n) is 6.69. The minimum atomic E-state index is 0.531. The van der Waals surface area contributed by atoms with E-state index < -0.39 is 0 Å². The average molecular weight is 251 g/mol. The number of ether oxygens (including phenoxy) is 2. The quantitative estimate of drug-likeness (QED) is 0.770. The molecule has 0 aromatic heterocycles. The van der Waals surface area contributed by atoms with Gasteiger partial charge in [0.25, 0.3) is 0 Å². The first kappa shape index (κ1) is 14.8. The van der Waals surface area contributed by atoms with Crippen LogP contribution in [0.4, 0.5) is 0 Å². The van der Waals surface area contributed by atoms with Crippen LogP contribution in [0.1, 0.15) is 32.3 Å². The van der Waals surface area contributed by atoms with Crippen LogP contribution in [0.25, 0.3) is 0 Å². The third-order valence-corrected chi connectivity index (χ3v) is 3.11. The molecule has 1 rings (SSSR count). The lowest BCUT2D eigenvalue weighted by Gasteiger charge is -2.17. The second kappa shape index (κ2) is 7.98. The van der Waals surface area contributed by atoms with Crippen LogP contribution in [-0.2, 0) is 6.42 Å². The Morgan fingerprint density at radius 3 is 2.39 bits per heavy atom. The van der Waals surface area contributed by atoms with E-state index >= 15 is 0 Å². The molecule has 3 nitrogen and oxygen atoms in total. The van der Waals surface area contributed by atoms with Gasteiger partial charge in [0.2, 0.25) is 0 Å². The minimum absolute atomic E-state index is 0.531. The van der Waals surface area contributed by atoms with E-state index in [1.54, 1.807) is 14.2 Å². The van der Waals surface area contributed by atoms with Crippen molar-refractivity contribution in [2.24, 2.45) is 0 Å². The van der Waals surface area contributed by atoms with Crippen molar-refractivity contribution in [3.63, 3.8) is 0 Å². The molecular formula is C15H25NO2. The van der Waals surface area contributed by atoms with Crippen molar-refractivity contribution in [2.75, 3.05) is 20.8 Å². The highest BCUT2D eigenvalue weighted by atomic mass is 16.5. The molecule has 0 fully saturated rings. The Labute approximate surface area is 110 Å². The molecule has 1 atom stereocenters. The predicted molar refractivity (Wildman–Crippen MR) is 75.6 cm³/mol. The molecule has 0 heterocycles. The highest BCUT2D eigenvalue weighted by Gasteiger charge is 2.09. The van der Waals surface area contributed by atoms with Crippen molar-refractivity contribution < 1.29 is 9.47 Å². The van der Waals surface area contributed by atoms with Crippen molar-refractivity contribution in [2.45, 2.75) is 39.2 Å². The molecule has 0 aliphatic carbocycles. The molecule has 1 aromatic rings. The molecule has 102 valence electrons. The van der Waals surface area contributed by atoms with Crippen LogP contribution in [0.2, 0.25) is 0 Å². The molecule has 1 unspecified atom stereocenters. The van der Waals surface area contributed by atoms with E-state index in [0.717, 1.165) is 30.9 Å². The minimum Gasteiger partial charge on any atom is -0.493 e. The molecule has 3 heteroatoms. The summed E-state index contributed by atoms with van der Waals surface area (Å²) in [6.07, 6.45) is 3.33. The zero-order valence-corrected chi connectivity index (χ0v) is 12.0. The summed E-state index contributed by atoms with van der Waals surface area (Å²) in [5.41, 5.74) is 1.28. The van der Waals surface area contributed by atoms with Crippen LogP contribution in [0.3, 0.4) is 0 Å². The Morgan fingerprint density at radius 1 is 1.11 bits per heavy atom. The molecule has 1 aromatic carbocycles. The Kier molecular flexibility index (Phi) is 6.58. The molecular weight excluding hydrogens is 226 g/mol. The maximum atomic E-state index is 5.33. The molecule has 0 radical (unpaired) electrons. The Hall–Kier alpha value is -1.22. The second-order valence-electron chi connectivity index (χ2n) is 4.45. The zero-order chi connectivity index (χ0) is 13.4. The van der Waals surface area contributed by atoms with Gasteiger partial charge in [-0.2, -0.15) is 0 Å². The summed E-state index contributed by atoms with van der Waals surface area (Å²) in [5.74, 6) is 1.59. The van der Waals surface area contributed by atoms with E-state index in [1.165, 1.54) is 12.0 Å². The fourth-order valence-corrected chi connectivity index (χ4v) is 2.00. The third-order valence-electron chi connectivity index (χ3n) is 3.11. The van der Waals surface area contributed by atoms with Crippen molar-refractivity contribution in [1.29, 1.82) is 0 Å². The van der Waals surface area contributed by atoms with Crippen LogP contribution in [0.15, 0.2) is 18.2 Å². The van der Waals surface area contributed by atoms with Crippen LogP contribution in [-0.4, -0.2) is 26.8 Å². The van der Waals surface area contributed by atoms with Gasteiger partial charge < -0.3 is 14.8 Å². The first-order valence-corrected chi connectivity index (χ1v) is 6.69. The van der Waals surface area contributed by atoms with Crippen molar-refractivity contribution in [3.05, 3.63) is 23.8 Å². The summed E-state index contributed by atoms with van der Waals surface area (Å²) < 4.78 is 10.6. The van der Waals surface area contributed by atoms with Gasteiger partial charge in [-0.05, 0) is 43.5 Å². The number of nitrogens with one attached hydrogen (secondary N) is 1. The number of benzene rings is 1.